The van der Waals surface area contributed by atoms with Gasteiger partial charge in [-0.05, 0) is 57.9 Å². The van der Waals surface area contributed by atoms with Crippen molar-refractivity contribution >= 4 is 0 Å². The Morgan fingerprint density at radius 1 is 1.12 bits per heavy atom. The molecule has 0 aliphatic carbocycles. The van der Waals surface area contributed by atoms with Crippen molar-refractivity contribution in [2.75, 3.05) is 13.2 Å². The first-order valence-electron chi connectivity index (χ1n) is 6.20. The van der Waals surface area contributed by atoms with E-state index in [2.05, 4.69) is 26.1 Å². The zero-order valence-corrected chi connectivity index (χ0v) is 11.0. The van der Waals surface area contributed by atoms with Crippen LogP contribution in [0.15, 0.2) is 24.3 Å². The molecule has 1 aromatic rings. The third kappa shape index (κ3) is 6.95. The van der Waals surface area contributed by atoms with Crippen LogP contribution in [0, 0.1) is 5.82 Å². The Morgan fingerprint density at radius 2 is 1.76 bits per heavy atom. The molecule has 0 aliphatic rings. The highest BCUT2D eigenvalue weighted by Crippen LogP contribution is 2.11. The molecular formula is C14H23FNO+. The van der Waals surface area contributed by atoms with Crippen LogP contribution in [0.3, 0.4) is 0 Å². The fourth-order valence-electron chi connectivity index (χ4n) is 1.50. The fourth-order valence-corrected chi connectivity index (χ4v) is 1.50. The summed E-state index contributed by atoms with van der Waals surface area (Å²) in [5, 5.41) is 2.34. The Hall–Kier alpha value is -1.09. The summed E-state index contributed by atoms with van der Waals surface area (Å²) in [6.45, 7) is 8.45. The summed E-state index contributed by atoms with van der Waals surface area (Å²) in [6, 6.07) is 6.17. The van der Waals surface area contributed by atoms with Crippen molar-refractivity contribution in [3.63, 3.8) is 0 Å². The van der Waals surface area contributed by atoms with E-state index >= 15 is 0 Å². The molecule has 0 aliphatic heterocycles. The molecule has 1 rings (SSSR count). The predicted molar refractivity (Wildman–Crippen MR) is 67.7 cm³/mol. The van der Waals surface area contributed by atoms with Crippen molar-refractivity contribution < 1.29 is 14.4 Å². The summed E-state index contributed by atoms with van der Waals surface area (Å²) in [5.74, 6) is 0.517. The van der Waals surface area contributed by atoms with Gasteiger partial charge in [-0.25, -0.2) is 4.39 Å². The number of ether oxygens (including phenoxy) is 1. The third-order valence-electron chi connectivity index (χ3n) is 2.44. The van der Waals surface area contributed by atoms with Gasteiger partial charge in [0, 0.05) is 0 Å². The number of hydrogen-bond acceptors (Lipinski definition) is 1. The maximum absolute atomic E-state index is 12.6. The van der Waals surface area contributed by atoms with E-state index in [9.17, 15) is 4.39 Å². The van der Waals surface area contributed by atoms with Gasteiger partial charge in [-0.3, -0.25) is 0 Å². The molecule has 0 aromatic heterocycles. The second-order valence-corrected chi connectivity index (χ2v) is 5.37. The quantitative estimate of drug-likeness (QED) is 0.759. The number of quaternary nitrogens is 1. The maximum atomic E-state index is 12.6. The van der Waals surface area contributed by atoms with Crippen molar-refractivity contribution in [1.29, 1.82) is 0 Å². The van der Waals surface area contributed by atoms with E-state index in [-0.39, 0.29) is 5.82 Å². The number of benzene rings is 1. The van der Waals surface area contributed by atoms with E-state index in [1.165, 1.54) is 12.1 Å². The van der Waals surface area contributed by atoms with Crippen LogP contribution in [0.2, 0.25) is 0 Å². The summed E-state index contributed by atoms with van der Waals surface area (Å²) in [7, 11) is 0. The van der Waals surface area contributed by atoms with E-state index in [4.69, 9.17) is 4.74 Å². The van der Waals surface area contributed by atoms with Crippen LogP contribution in [-0.2, 0) is 0 Å². The first kappa shape index (κ1) is 14.0. The van der Waals surface area contributed by atoms with Gasteiger partial charge in [0.25, 0.3) is 0 Å². The summed E-state index contributed by atoms with van der Waals surface area (Å²) in [5.41, 5.74) is 0.303. The second-order valence-electron chi connectivity index (χ2n) is 5.37. The van der Waals surface area contributed by atoms with Gasteiger partial charge < -0.3 is 10.1 Å². The second kappa shape index (κ2) is 6.60. The van der Waals surface area contributed by atoms with Crippen LogP contribution in [0.25, 0.3) is 0 Å². The van der Waals surface area contributed by atoms with Gasteiger partial charge in [0.15, 0.2) is 0 Å². The molecule has 17 heavy (non-hydrogen) atoms. The van der Waals surface area contributed by atoms with E-state index in [0.717, 1.165) is 25.1 Å². The first-order valence-corrected chi connectivity index (χ1v) is 6.20. The molecule has 0 spiro atoms. The van der Waals surface area contributed by atoms with E-state index in [1.54, 1.807) is 12.1 Å². The van der Waals surface area contributed by atoms with Crippen molar-refractivity contribution in [2.45, 2.75) is 39.2 Å². The number of hydrogen-bond donors (Lipinski definition) is 1. The van der Waals surface area contributed by atoms with Crippen LogP contribution in [-0.4, -0.2) is 18.7 Å². The van der Waals surface area contributed by atoms with E-state index in [0.29, 0.717) is 12.1 Å². The lowest BCUT2D eigenvalue weighted by Gasteiger charge is -2.16. The minimum absolute atomic E-state index is 0.225. The molecule has 1 aromatic carbocycles. The minimum Gasteiger partial charge on any atom is -0.494 e. The Morgan fingerprint density at radius 3 is 2.35 bits per heavy atom. The van der Waals surface area contributed by atoms with E-state index in [1.807, 2.05) is 0 Å². The first-order chi connectivity index (χ1) is 7.97. The zero-order chi connectivity index (χ0) is 12.7. The molecule has 0 bridgehead atoms. The van der Waals surface area contributed by atoms with Gasteiger partial charge >= 0.3 is 0 Å². The summed E-state index contributed by atoms with van der Waals surface area (Å²) >= 11 is 0. The topological polar surface area (TPSA) is 25.8 Å². The molecule has 0 amide bonds. The molecule has 2 nitrogen and oxygen atoms in total. The predicted octanol–water partition coefficient (Wildman–Crippen LogP) is 2.35. The monoisotopic (exact) mass is 240 g/mol. The maximum Gasteiger partial charge on any atom is 0.123 e. The van der Waals surface area contributed by atoms with Crippen LogP contribution in [0.5, 0.6) is 5.75 Å². The normalized spacial score (nSPS) is 11.5. The smallest absolute Gasteiger partial charge is 0.123 e. The summed E-state index contributed by atoms with van der Waals surface area (Å²) in [4.78, 5) is 0. The number of rotatable bonds is 6. The largest absolute Gasteiger partial charge is 0.494 e. The van der Waals surface area contributed by atoms with Crippen molar-refractivity contribution in [2.24, 2.45) is 0 Å². The average Bonchev–Trinajstić information content (AvgIpc) is 2.24. The zero-order valence-electron chi connectivity index (χ0n) is 11.0. The number of nitrogens with two attached hydrogens (primary N) is 1. The van der Waals surface area contributed by atoms with Gasteiger partial charge in [0.1, 0.15) is 11.6 Å². The van der Waals surface area contributed by atoms with Gasteiger partial charge in [0.2, 0.25) is 0 Å². The molecular weight excluding hydrogens is 217 g/mol. The highest BCUT2D eigenvalue weighted by atomic mass is 19.1. The van der Waals surface area contributed by atoms with Crippen LogP contribution < -0.4 is 10.1 Å². The summed E-state index contributed by atoms with van der Waals surface area (Å²) in [6.07, 6.45) is 2.17. The average molecular weight is 240 g/mol. The SMILES string of the molecule is CC(C)(C)[NH2+]CCCCOc1ccc(F)cc1. The van der Waals surface area contributed by atoms with Crippen molar-refractivity contribution in [1.82, 2.24) is 0 Å². The Bertz CT molecular complexity index is 316. The van der Waals surface area contributed by atoms with E-state index < -0.39 is 0 Å². The molecule has 0 heterocycles. The molecule has 0 unspecified atom stereocenters. The Labute approximate surface area is 103 Å². The molecule has 0 radical (unpaired) electrons. The molecule has 96 valence electrons. The molecule has 0 atom stereocenters. The van der Waals surface area contributed by atoms with Gasteiger partial charge in [-0.1, -0.05) is 0 Å². The molecule has 2 N–H and O–H groups in total. The van der Waals surface area contributed by atoms with Crippen LogP contribution in [0.1, 0.15) is 33.6 Å². The highest BCUT2D eigenvalue weighted by Gasteiger charge is 2.11. The molecule has 0 fully saturated rings. The minimum atomic E-state index is -0.225. The number of halogens is 1. The van der Waals surface area contributed by atoms with Gasteiger partial charge in [-0.2, -0.15) is 0 Å². The highest BCUT2D eigenvalue weighted by molar-refractivity contribution is 5.21. The Kier molecular flexibility index (Phi) is 5.42. The third-order valence-corrected chi connectivity index (χ3v) is 2.44. The van der Waals surface area contributed by atoms with Crippen LogP contribution >= 0.6 is 0 Å². The lowest BCUT2D eigenvalue weighted by Crippen LogP contribution is -2.94. The Balaban J connectivity index is 2.07. The molecule has 3 heteroatoms. The lowest BCUT2D eigenvalue weighted by atomic mass is 10.1. The van der Waals surface area contributed by atoms with Crippen molar-refractivity contribution in [3.05, 3.63) is 30.1 Å². The lowest BCUT2D eigenvalue weighted by molar-refractivity contribution is -0.717. The van der Waals surface area contributed by atoms with Gasteiger partial charge in [-0.15, -0.1) is 0 Å². The summed E-state index contributed by atoms with van der Waals surface area (Å²) < 4.78 is 18.1. The van der Waals surface area contributed by atoms with Gasteiger partial charge in [0.05, 0.1) is 18.7 Å². The van der Waals surface area contributed by atoms with Crippen molar-refractivity contribution in [3.8, 4) is 5.75 Å². The standard InChI is InChI=1S/C14H22FNO/c1-14(2,3)16-10-4-5-11-17-13-8-6-12(15)7-9-13/h6-9,16H,4-5,10-11H2,1-3H3/p+1. The molecule has 0 saturated heterocycles. The fraction of sp³-hybridized carbons (Fsp3) is 0.571. The molecule has 0 saturated carbocycles. The number of unbranched alkanes of at least 4 members (excludes halogenated alkanes) is 1. The van der Waals surface area contributed by atoms with Crippen LogP contribution in [0.4, 0.5) is 4.39 Å².